The summed E-state index contributed by atoms with van der Waals surface area (Å²) in [5.41, 5.74) is 2.67. The number of nitrogens with zero attached hydrogens (tertiary/aromatic N) is 1. The number of amides is 2. The number of carbonyl (C=O) groups is 2. The SMILES string of the molecule is O=C(NO)c1ccc(N2C(=O)CNCC3C=C(Br)SC32)cc1. The summed E-state index contributed by atoms with van der Waals surface area (Å²) in [4.78, 5) is 25.6. The van der Waals surface area contributed by atoms with Crippen LogP contribution in [0.4, 0.5) is 5.69 Å². The molecule has 0 spiro atoms. The highest BCUT2D eigenvalue weighted by Gasteiger charge is 2.38. The van der Waals surface area contributed by atoms with Gasteiger partial charge in [0.1, 0.15) is 0 Å². The van der Waals surface area contributed by atoms with Crippen LogP contribution in [0, 0.1) is 5.92 Å². The van der Waals surface area contributed by atoms with E-state index in [2.05, 4.69) is 27.3 Å². The van der Waals surface area contributed by atoms with Gasteiger partial charge in [0.25, 0.3) is 5.91 Å². The second-order valence-electron chi connectivity index (χ2n) is 5.03. The van der Waals surface area contributed by atoms with E-state index in [1.165, 1.54) is 0 Å². The van der Waals surface area contributed by atoms with Gasteiger partial charge < -0.3 is 5.32 Å². The van der Waals surface area contributed by atoms with Crippen molar-refractivity contribution in [1.82, 2.24) is 10.8 Å². The Labute approximate surface area is 140 Å². The summed E-state index contributed by atoms with van der Waals surface area (Å²) in [6.45, 7) is 1.04. The van der Waals surface area contributed by atoms with Crippen LogP contribution in [-0.2, 0) is 4.79 Å². The summed E-state index contributed by atoms with van der Waals surface area (Å²) in [5, 5.41) is 11.8. The molecule has 2 unspecified atom stereocenters. The second-order valence-corrected chi connectivity index (χ2v) is 7.56. The maximum atomic E-state index is 12.4. The van der Waals surface area contributed by atoms with Gasteiger partial charge in [0.2, 0.25) is 5.91 Å². The molecule has 1 aromatic carbocycles. The summed E-state index contributed by atoms with van der Waals surface area (Å²) < 4.78 is 1.03. The van der Waals surface area contributed by atoms with Gasteiger partial charge in [-0.1, -0.05) is 17.8 Å². The van der Waals surface area contributed by atoms with Gasteiger partial charge >= 0.3 is 0 Å². The molecular weight excluding hydrogens is 370 g/mol. The topological polar surface area (TPSA) is 81.7 Å². The third kappa shape index (κ3) is 2.91. The van der Waals surface area contributed by atoms with Gasteiger partial charge in [0.05, 0.1) is 11.9 Å². The zero-order valence-corrected chi connectivity index (χ0v) is 13.9. The smallest absolute Gasteiger partial charge is 0.274 e. The van der Waals surface area contributed by atoms with Crippen LogP contribution in [0.15, 0.2) is 34.2 Å². The van der Waals surface area contributed by atoms with Crippen LogP contribution < -0.4 is 15.7 Å². The number of nitrogens with one attached hydrogen (secondary N) is 2. The number of benzene rings is 1. The first-order valence-corrected chi connectivity index (χ1v) is 8.38. The third-order valence-corrected chi connectivity index (χ3v) is 5.62. The van der Waals surface area contributed by atoms with Crippen molar-refractivity contribution in [3.8, 4) is 0 Å². The zero-order chi connectivity index (χ0) is 15.7. The van der Waals surface area contributed by atoms with Gasteiger partial charge in [0, 0.05) is 27.5 Å². The highest BCUT2D eigenvalue weighted by Crippen LogP contribution is 2.43. The lowest BCUT2D eigenvalue weighted by atomic mass is 10.1. The molecule has 6 nitrogen and oxygen atoms in total. The molecule has 2 amide bonds. The second kappa shape index (κ2) is 6.41. The molecule has 2 heterocycles. The van der Waals surface area contributed by atoms with Crippen molar-refractivity contribution in [2.45, 2.75) is 5.37 Å². The Bertz CT molecular complexity index is 635. The van der Waals surface area contributed by atoms with Gasteiger partial charge in [-0.25, -0.2) is 5.48 Å². The first-order valence-electron chi connectivity index (χ1n) is 6.71. The van der Waals surface area contributed by atoms with E-state index in [-0.39, 0.29) is 23.7 Å². The standard InChI is InChI=1S/C14H14BrN3O3S/c15-11-5-9-6-16-7-12(19)18(14(9)22-11)10-3-1-8(2-4-10)13(20)17-21/h1-5,9,14,16,21H,6-7H2,(H,17,20). The van der Waals surface area contributed by atoms with Crippen molar-refractivity contribution in [2.24, 2.45) is 5.92 Å². The van der Waals surface area contributed by atoms with E-state index in [0.29, 0.717) is 5.56 Å². The van der Waals surface area contributed by atoms with E-state index >= 15 is 0 Å². The molecule has 3 N–H and O–H groups in total. The number of hydroxylamine groups is 1. The number of rotatable bonds is 2. The van der Waals surface area contributed by atoms with Gasteiger partial charge in [0.15, 0.2) is 0 Å². The first-order chi connectivity index (χ1) is 10.6. The minimum Gasteiger partial charge on any atom is -0.308 e. The largest absolute Gasteiger partial charge is 0.308 e. The van der Waals surface area contributed by atoms with E-state index in [1.54, 1.807) is 46.4 Å². The Hall–Kier alpha value is -1.35. The fourth-order valence-electron chi connectivity index (χ4n) is 2.60. The molecule has 1 saturated heterocycles. The van der Waals surface area contributed by atoms with Crippen LogP contribution in [0.1, 0.15) is 10.4 Å². The Morgan fingerprint density at radius 3 is 2.82 bits per heavy atom. The summed E-state index contributed by atoms with van der Waals surface area (Å²) in [5.74, 6) is -0.353. The quantitative estimate of drug-likeness (QED) is 0.534. The predicted octanol–water partition coefficient (Wildman–Crippen LogP) is 1.67. The minimum absolute atomic E-state index is 0.00467. The lowest BCUT2D eigenvalue weighted by Gasteiger charge is -2.29. The van der Waals surface area contributed by atoms with Crippen molar-refractivity contribution >= 4 is 45.2 Å². The molecular formula is C14H14BrN3O3S. The number of fused-ring (bicyclic) bond motifs is 1. The van der Waals surface area contributed by atoms with Crippen LogP contribution in [0.3, 0.4) is 0 Å². The zero-order valence-electron chi connectivity index (χ0n) is 11.5. The predicted molar refractivity (Wildman–Crippen MR) is 87.9 cm³/mol. The number of halogens is 1. The van der Waals surface area contributed by atoms with Crippen LogP contribution in [-0.4, -0.2) is 35.5 Å². The van der Waals surface area contributed by atoms with Gasteiger partial charge in [-0.3, -0.25) is 19.7 Å². The fourth-order valence-corrected chi connectivity index (χ4v) is 4.69. The average Bonchev–Trinajstić information content (AvgIpc) is 2.80. The number of hydrogen-bond acceptors (Lipinski definition) is 5. The Kier molecular flexibility index (Phi) is 4.53. The molecule has 0 radical (unpaired) electrons. The maximum absolute atomic E-state index is 12.4. The molecule has 22 heavy (non-hydrogen) atoms. The highest BCUT2D eigenvalue weighted by atomic mass is 79.9. The maximum Gasteiger partial charge on any atom is 0.274 e. The third-order valence-electron chi connectivity index (χ3n) is 3.63. The van der Waals surface area contributed by atoms with Crippen molar-refractivity contribution in [2.75, 3.05) is 18.0 Å². The summed E-state index contributed by atoms with van der Waals surface area (Å²) in [6, 6.07) is 6.61. The van der Waals surface area contributed by atoms with Gasteiger partial charge in [-0.15, -0.1) is 0 Å². The Morgan fingerprint density at radius 1 is 1.41 bits per heavy atom. The van der Waals surface area contributed by atoms with Crippen molar-refractivity contribution in [1.29, 1.82) is 0 Å². The first kappa shape index (κ1) is 15.5. The molecule has 8 heteroatoms. The molecule has 2 atom stereocenters. The number of carbonyl (C=O) groups excluding carboxylic acids is 2. The monoisotopic (exact) mass is 383 g/mol. The van der Waals surface area contributed by atoms with E-state index in [0.717, 1.165) is 16.0 Å². The van der Waals surface area contributed by atoms with Crippen LogP contribution in [0.5, 0.6) is 0 Å². The summed E-state index contributed by atoms with van der Waals surface area (Å²) in [7, 11) is 0. The van der Waals surface area contributed by atoms with E-state index in [4.69, 9.17) is 5.21 Å². The van der Waals surface area contributed by atoms with Crippen LogP contribution in [0.2, 0.25) is 0 Å². The Balaban J connectivity index is 1.90. The molecule has 1 fully saturated rings. The lowest BCUT2D eigenvalue weighted by Crippen LogP contribution is -2.41. The normalized spacial score (nSPS) is 24.5. The summed E-state index contributed by atoms with van der Waals surface area (Å²) >= 11 is 5.10. The van der Waals surface area contributed by atoms with Crippen LogP contribution >= 0.6 is 27.7 Å². The van der Waals surface area contributed by atoms with E-state index in [1.807, 2.05) is 0 Å². The number of anilines is 1. The molecule has 2 aliphatic heterocycles. The average molecular weight is 384 g/mol. The van der Waals surface area contributed by atoms with Crippen molar-refractivity contribution < 1.29 is 14.8 Å². The summed E-state index contributed by atoms with van der Waals surface area (Å²) in [6.07, 6.45) is 2.11. The molecule has 2 aliphatic rings. The highest BCUT2D eigenvalue weighted by molar-refractivity contribution is 9.14. The number of thioether (sulfide) groups is 1. The Morgan fingerprint density at radius 2 is 2.14 bits per heavy atom. The van der Waals surface area contributed by atoms with Crippen LogP contribution in [0.25, 0.3) is 0 Å². The lowest BCUT2D eigenvalue weighted by molar-refractivity contribution is -0.117. The van der Waals surface area contributed by atoms with Crippen molar-refractivity contribution in [3.05, 3.63) is 39.7 Å². The molecule has 0 saturated carbocycles. The minimum atomic E-state index is -0.576. The molecule has 116 valence electrons. The number of hydrogen-bond donors (Lipinski definition) is 3. The molecule has 0 bridgehead atoms. The van der Waals surface area contributed by atoms with E-state index in [9.17, 15) is 9.59 Å². The van der Waals surface area contributed by atoms with Crippen molar-refractivity contribution in [3.63, 3.8) is 0 Å². The molecule has 3 rings (SSSR count). The van der Waals surface area contributed by atoms with Gasteiger partial charge in [-0.05, 0) is 40.2 Å². The van der Waals surface area contributed by atoms with Gasteiger partial charge in [-0.2, -0.15) is 0 Å². The molecule has 0 aromatic heterocycles. The molecule has 0 aliphatic carbocycles. The van der Waals surface area contributed by atoms with E-state index < -0.39 is 5.91 Å². The fraction of sp³-hybridized carbons (Fsp3) is 0.286. The molecule has 1 aromatic rings.